The molecule has 1 aliphatic heterocycles. The zero-order chi connectivity index (χ0) is 9.52. The number of nitrogens with zero attached hydrogens (tertiary/aromatic N) is 1. The molecule has 1 heterocycles. The molecule has 13 heavy (non-hydrogen) atoms. The van der Waals surface area contributed by atoms with E-state index >= 15 is 0 Å². The Morgan fingerprint density at radius 3 is 3.15 bits per heavy atom. The molecule has 1 atom stereocenters. The number of rotatable bonds is 4. The first-order valence-electron chi connectivity index (χ1n) is 4.88. The summed E-state index contributed by atoms with van der Waals surface area (Å²) in [6.07, 6.45) is 10.6. The lowest BCUT2D eigenvalue weighted by Crippen LogP contribution is -2.22. The lowest BCUT2D eigenvalue weighted by atomic mass is 10.1. The number of likely N-dealkylation sites (N-methyl/N-ethyl adjacent to an activating group) is 1. The highest BCUT2D eigenvalue weighted by Crippen LogP contribution is 2.14. The van der Waals surface area contributed by atoms with E-state index in [0.29, 0.717) is 6.04 Å². The Balaban J connectivity index is 2.54. The summed E-state index contributed by atoms with van der Waals surface area (Å²) in [5, 5.41) is 3.23. The van der Waals surface area contributed by atoms with Crippen molar-refractivity contribution in [1.29, 1.82) is 0 Å². The molecule has 0 saturated heterocycles. The second-order valence-corrected chi connectivity index (χ2v) is 3.28. The van der Waals surface area contributed by atoms with Crippen LogP contribution in [0.15, 0.2) is 29.4 Å². The van der Waals surface area contributed by atoms with Gasteiger partial charge in [-0.25, -0.2) is 0 Å². The van der Waals surface area contributed by atoms with Crippen LogP contribution in [-0.2, 0) is 0 Å². The van der Waals surface area contributed by atoms with Gasteiger partial charge in [-0.15, -0.1) is 6.58 Å². The molecule has 0 aromatic carbocycles. The van der Waals surface area contributed by atoms with Gasteiger partial charge in [-0.1, -0.05) is 6.08 Å². The van der Waals surface area contributed by atoms with E-state index in [4.69, 9.17) is 0 Å². The molecule has 0 fully saturated rings. The average molecular weight is 178 g/mol. The van der Waals surface area contributed by atoms with Crippen molar-refractivity contribution in [2.45, 2.75) is 31.7 Å². The largest absolute Gasteiger partial charge is 0.313 e. The summed E-state index contributed by atoms with van der Waals surface area (Å²) in [4.78, 5) is 4.36. The van der Waals surface area contributed by atoms with Crippen molar-refractivity contribution in [3.8, 4) is 0 Å². The van der Waals surface area contributed by atoms with Gasteiger partial charge in [0.1, 0.15) is 0 Å². The minimum atomic E-state index is 0.391. The number of hydrogen-bond donors (Lipinski definition) is 1. The van der Waals surface area contributed by atoms with Gasteiger partial charge in [-0.3, -0.25) is 4.99 Å². The van der Waals surface area contributed by atoms with E-state index in [0.717, 1.165) is 19.3 Å². The molecule has 2 nitrogen and oxygen atoms in total. The Hall–Kier alpha value is -0.890. The standard InChI is InChI=1S/C11H18N2/c1-3-6-10(12-2)9-11-7-4-5-8-13-11/h3,8-10,12H,1,4-7H2,2H3/b11-9+. The minimum absolute atomic E-state index is 0.391. The maximum atomic E-state index is 4.36. The second kappa shape index (κ2) is 5.70. The van der Waals surface area contributed by atoms with E-state index in [1.54, 1.807) is 0 Å². The molecule has 0 radical (unpaired) electrons. The van der Waals surface area contributed by atoms with Crippen molar-refractivity contribution in [1.82, 2.24) is 5.32 Å². The summed E-state index contributed by atoms with van der Waals surface area (Å²) in [6.45, 7) is 3.73. The van der Waals surface area contributed by atoms with E-state index in [9.17, 15) is 0 Å². The topological polar surface area (TPSA) is 24.4 Å². The molecule has 0 aliphatic carbocycles. The van der Waals surface area contributed by atoms with E-state index in [1.165, 1.54) is 12.1 Å². The maximum Gasteiger partial charge on any atom is 0.0375 e. The quantitative estimate of drug-likeness (QED) is 0.656. The highest BCUT2D eigenvalue weighted by atomic mass is 14.9. The highest BCUT2D eigenvalue weighted by molar-refractivity contribution is 5.60. The number of allylic oxidation sites excluding steroid dienone is 1. The van der Waals surface area contributed by atoms with Gasteiger partial charge in [0.15, 0.2) is 0 Å². The van der Waals surface area contributed by atoms with Crippen molar-refractivity contribution in [3.63, 3.8) is 0 Å². The number of aliphatic imine (C=N–C) groups is 1. The van der Waals surface area contributed by atoms with Crippen LogP contribution in [-0.4, -0.2) is 19.3 Å². The van der Waals surface area contributed by atoms with E-state index in [-0.39, 0.29) is 0 Å². The zero-order valence-electron chi connectivity index (χ0n) is 8.29. The Morgan fingerprint density at radius 2 is 2.62 bits per heavy atom. The van der Waals surface area contributed by atoms with E-state index in [1.807, 2.05) is 19.3 Å². The van der Waals surface area contributed by atoms with Crippen LogP contribution >= 0.6 is 0 Å². The molecule has 1 aliphatic rings. The Bertz CT molecular complexity index is 216. The molecule has 0 saturated carbocycles. The lowest BCUT2D eigenvalue weighted by molar-refractivity contribution is 0.665. The summed E-state index contributed by atoms with van der Waals surface area (Å²) < 4.78 is 0. The molecule has 2 heteroatoms. The number of hydrogen-bond acceptors (Lipinski definition) is 2. The van der Waals surface area contributed by atoms with E-state index < -0.39 is 0 Å². The van der Waals surface area contributed by atoms with Gasteiger partial charge in [0, 0.05) is 18.0 Å². The summed E-state index contributed by atoms with van der Waals surface area (Å²) >= 11 is 0. The van der Waals surface area contributed by atoms with Gasteiger partial charge in [-0.05, 0) is 38.8 Å². The monoisotopic (exact) mass is 178 g/mol. The van der Waals surface area contributed by atoms with Crippen molar-refractivity contribution >= 4 is 6.21 Å². The van der Waals surface area contributed by atoms with Gasteiger partial charge in [-0.2, -0.15) is 0 Å². The molecule has 1 rings (SSSR count). The van der Waals surface area contributed by atoms with Crippen molar-refractivity contribution in [3.05, 3.63) is 24.4 Å². The van der Waals surface area contributed by atoms with Gasteiger partial charge in [0.2, 0.25) is 0 Å². The summed E-state index contributed by atoms with van der Waals surface area (Å²) in [5.74, 6) is 0. The minimum Gasteiger partial charge on any atom is -0.313 e. The molecule has 0 spiro atoms. The second-order valence-electron chi connectivity index (χ2n) is 3.28. The predicted octanol–water partition coefficient (Wildman–Crippen LogP) is 2.29. The molecule has 72 valence electrons. The first kappa shape index (κ1) is 10.2. The van der Waals surface area contributed by atoms with Crippen LogP contribution in [0.5, 0.6) is 0 Å². The Kier molecular flexibility index (Phi) is 4.47. The van der Waals surface area contributed by atoms with Crippen LogP contribution in [0.25, 0.3) is 0 Å². The Morgan fingerprint density at radius 1 is 1.77 bits per heavy atom. The summed E-state index contributed by atoms with van der Waals surface area (Å²) in [7, 11) is 1.97. The predicted molar refractivity (Wildman–Crippen MR) is 58.1 cm³/mol. The first-order chi connectivity index (χ1) is 6.36. The van der Waals surface area contributed by atoms with Crippen molar-refractivity contribution in [2.24, 2.45) is 4.99 Å². The third kappa shape index (κ3) is 3.55. The fraction of sp³-hybridized carbons (Fsp3) is 0.545. The third-order valence-electron chi connectivity index (χ3n) is 2.21. The first-order valence-corrected chi connectivity index (χ1v) is 4.88. The van der Waals surface area contributed by atoms with Crippen LogP contribution in [0.4, 0.5) is 0 Å². The van der Waals surface area contributed by atoms with Gasteiger partial charge in [0.05, 0.1) is 0 Å². The van der Waals surface area contributed by atoms with Crippen LogP contribution in [0.2, 0.25) is 0 Å². The zero-order valence-corrected chi connectivity index (χ0v) is 8.29. The molecule has 0 aromatic rings. The van der Waals surface area contributed by atoms with Crippen molar-refractivity contribution in [2.75, 3.05) is 7.05 Å². The molecular weight excluding hydrogens is 160 g/mol. The van der Waals surface area contributed by atoms with Gasteiger partial charge >= 0.3 is 0 Å². The SMILES string of the molecule is C=CCC(/C=C1\CCCC=N1)NC. The lowest BCUT2D eigenvalue weighted by Gasteiger charge is -2.12. The maximum absolute atomic E-state index is 4.36. The normalized spacial score (nSPS) is 21.8. The smallest absolute Gasteiger partial charge is 0.0375 e. The van der Waals surface area contributed by atoms with Crippen LogP contribution < -0.4 is 5.32 Å². The molecule has 0 aromatic heterocycles. The third-order valence-corrected chi connectivity index (χ3v) is 2.21. The molecule has 1 unspecified atom stereocenters. The highest BCUT2D eigenvalue weighted by Gasteiger charge is 2.04. The van der Waals surface area contributed by atoms with Crippen LogP contribution in [0.1, 0.15) is 25.7 Å². The van der Waals surface area contributed by atoms with Gasteiger partial charge < -0.3 is 5.32 Å². The summed E-state index contributed by atoms with van der Waals surface area (Å²) in [5.41, 5.74) is 1.22. The van der Waals surface area contributed by atoms with E-state index in [2.05, 4.69) is 23.0 Å². The molecule has 1 N–H and O–H groups in total. The molecular formula is C11H18N2. The molecule has 0 bridgehead atoms. The molecule has 0 amide bonds. The summed E-state index contributed by atoms with van der Waals surface area (Å²) in [6, 6.07) is 0.391. The van der Waals surface area contributed by atoms with Crippen LogP contribution in [0, 0.1) is 0 Å². The Labute approximate surface area is 80.4 Å². The number of nitrogens with one attached hydrogen (secondary N) is 1. The van der Waals surface area contributed by atoms with Crippen molar-refractivity contribution < 1.29 is 0 Å². The average Bonchev–Trinajstić information content (AvgIpc) is 2.19. The fourth-order valence-corrected chi connectivity index (χ4v) is 1.43. The fourth-order valence-electron chi connectivity index (χ4n) is 1.43. The van der Waals surface area contributed by atoms with Crippen LogP contribution in [0.3, 0.4) is 0 Å². The van der Waals surface area contributed by atoms with Gasteiger partial charge in [0.25, 0.3) is 0 Å².